The minimum absolute atomic E-state index is 0.157. The lowest BCUT2D eigenvalue weighted by atomic mass is 10.1. The third-order valence-corrected chi connectivity index (χ3v) is 9.91. The van der Waals surface area contributed by atoms with Crippen LogP contribution < -0.4 is 0 Å². The molecule has 55 heavy (non-hydrogen) atoms. The number of aliphatic hydroxyl groups is 2. The molecule has 0 amide bonds. The second-order valence-corrected chi connectivity index (χ2v) is 15.8. The molecule has 0 aromatic rings. The van der Waals surface area contributed by atoms with Gasteiger partial charge in [-0.15, -0.1) is 0 Å². The lowest BCUT2D eigenvalue weighted by molar-refractivity contribution is -0.161. The number of allylic oxidation sites excluding steroid dienone is 8. The quantitative estimate of drug-likeness (QED) is 0.0237. The van der Waals surface area contributed by atoms with Gasteiger partial charge in [-0.05, 0) is 70.6 Å². The highest BCUT2D eigenvalue weighted by atomic mass is 31.2. The molecule has 0 saturated carbocycles. The largest absolute Gasteiger partial charge is 0.472 e. The molecule has 0 heterocycles. The predicted octanol–water partition coefficient (Wildman–Crippen LogP) is 11.3. The summed E-state index contributed by atoms with van der Waals surface area (Å²) in [4.78, 5) is 35.0. The van der Waals surface area contributed by atoms with Crippen molar-refractivity contribution in [2.45, 2.75) is 193 Å². The van der Waals surface area contributed by atoms with E-state index in [-0.39, 0.29) is 19.4 Å². The average Bonchev–Trinajstić information content (AvgIpc) is 3.17. The van der Waals surface area contributed by atoms with Crippen LogP contribution >= 0.6 is 7.82 Å². The van der Waals surface area contributed by atoms with Gasteiger partial charge in [0.05, 0.1) is 19.8 Å². The van der Waals surface area contributed by atoms with Crippen molar-refractivity contribution in [2.75, 3.05) is 26.4 Å². The molecule has 3 N–H and O–H groups in total. The van der Waals surface area contributed by atoms with Crippen molar-refractivity contribution in [2.24, 2.45) is 0 Å². The van der Waals surface area contributed by atoms with Gasteiger partial charge >= 0.3 is 19.8 Å². The number of esters is 2. The number of carbonyl (C=O) groups is 2. The molecule has 320 valence electrons. The van der Waals surface area contributed by atoms with Crippen LogP contribution in [-0.2, 0) is 32.7 Å². The van der Waals surface area contributed by atoms with Gasteiger partial charge in [-0.3, -0.25) is 18.6 Å². The van der Waals surface area contributed by atoms with Crippen LogP contribution in [0.15, 0.2) is 48.6 Å². The topological polar surface area (TPSA) is 149 Å². The highest BCUT2D eigenvalue weighted by molar-refractivity contribution is 7.47. The average molecular weight is 799 g/mol. The van der Waals surface area contributed by atoms with E-state index in [9.17, 15) is 24.2 Å². The molecule has 1 unspecified atom stereocenters. The summed E-state index contributed by atoms with van der Waals surface area (Å²) in [6.45, 7) is 2.29. The molecule has 0 aromatic heterocycles. The Morgan fingerprint density at radius 2 is 0.964 bits per heavy atom. The predicted molar refractivity (Wildman–Crippen MR) is 224 cm³/mol. The molecule has 0 saturated heterocycles. The van der Waals surface area contributed by atoms with E-state index in [1.54, 1.807) is 0 Å². The smallest absolute Gasteiger partial charge is 0.462 e. The zero-order valence-electron chi connectivity index (χ0n) is 34.6. The van der Waals surface area contributed by atoms with Gasteiger partial charge in [-0.25, -0.2) is 4.57 Å². The fourth-order valence-electron chi connectivity index (χ4n) is 5.57. The fraction of sp³-hybridized carbons (Fsp3) is 0.773. The zero-order chi connectivity index (χ0) is 40.5. The Labute approximate surface area is 334 Å². The minimum atomic E-state index is -4.62. The van der Waals surface area contributed by atoms with Gasteiger partial charge in [0, 0.05) is 12.8 Å². The summed E-state index contributed by atoms with van der Waals surface area (Å²) in [6, 6.07) is 0. The van der Waals surface area contributed by atoms with Crippen molar-refractivity contribution >= 4 is 19.8 Å². The van der Waals surface area contributed by atoms with Crippen molar-refractivity contribution in [3.8, 4) is 0 Å². The van der Waals surface area contributed by atoms with E-state index < -0.39 is 51.8 Å². The Balaban J connectivity index is 4.35. The normalized spacial score (nSPS) is 14.3. The van der Waals surface area contributed by atoms with Gasteiger partial charge < -0.3 is 24.6 Å². The van der Waals surface area contributed by atoms with Crippen molar-refractivity contribution in [3.05, 3.63) is 48.6 Å². The van der Waals surface area contributed by atoms with Crippen LogP contribution in [0.3, 0.4) is 0 Å². The van der Waals surface area contributed by atoms with E-state index in [1.165, 1.54) is 83.5 Å². The molecule has 0 fully saturated rings. The minimum Gasteiger partial charge on any atom is -0.462 e. The first kappa shape index (κ1) is 52.9. The van der Waals surface area contributed by atoms with Crippen LogP contribution in [0.1, 0.15) is 181 Å². The standard InChI is InChI=1S/C44H79O10P/c1-3-5-7-9-11-13-15-17-19-20-22-24-26-28-30-32-34-36-44(48)54-42(40-53-55(49,50)52-38-41(46)37-45)39-51-43(47)35-33-31-29-27-25-23-21-18-16-14-12-10-8-6-4-2/h10-13,17,19,22,24,41-42,45-46H,3-9,14-16,18,20-21,23,25-40H2,1-2H3,(H,49,50)/b12-10+,13-11+,19-17+,24-22+/t41-,42+/m0/s1. The van der Waals surface area contributed by atoms with Crippen molar-refractivity contribution in [1.29, 1.82) is 0 Å². The Kier molecular flexibility index (Phi) is 38.6. The lowest BCUT2D eigenvalue weighted by Crippen LogP contribution is -2.29. The zero-order valence-corrected chi connectivity index (χ0v) is 35.5. The Bertz CT molecular complexity index is 1060. The molecular formula is C44H79O10P. The van der Waals surface area contributed by atoms with E-state index in [2.05, 4.69) is 67.0 Å². The van der Waals surface area contributed by atoms with Gasteiger partial charge in [0.25, 0.3) is 0 Å². The molecule has 0 aliphatic heterocycles. The van der Waals surface area contributed by atoms with E-state index in [0.717, 1.165) is 57.8 Å². The van der Waals surface area contributed by atoms with Crippen LogP contribution in [0.4, 0.5) is 0 Å². The first-order valence-electron chi connectivity index (χ1n) is 21.6. The molecule has 0 aromatic carbocycles. The number of rotatable bonds is 40. The molecule has 0 aliphatic carbocycles. The number of aliphatic hydroxyl groups excluding tert-OH is 2. The summed E-state index contributed by atoms with van der Waals surface area (Å²) >= 11 is 0. The van der Waals surface area contributed by atoms with Crippen molar-refractivity contribution in [1.82, 2.24) is 0 Å². The Morgan fingerprint density at radius 3 is 1.49 bits per heavy atom. The van der Waals surface area contributed by atoms with Gasteiger partial charge in [0.1, 0.15) is 12.7 Å². The molecule has 0 rings (SSSR count). The number of carbonyl (C=O) groups excluding carboxylic acids is 2. The molecular weight excluding hydrogens is 719 g/mol. The monoisotopic (exact) mass is 799 g/mol. The number of phosphoric acid groups is 1. The van der Waals surface area contributed by atoms with Crippen LogP contribution in [0, 0.1) is 0 Å². The summed E-state index contributed by atoms with van der Waals surface area (Å²) < 4.78 is 32.7. The second-order valence-electron chi connectivity index (χ2n) is 14.4. The van der Waals surface area contributed by atoms with E-state index in [4.69, 9.17) is 19.1 Å². The second kappa shape index (κ2) is 40.1. The van der Waals surface area contributed by atoms with Crippen LogP contribution in [0.5, 0.6) is 0 Å². The van der Waals surface area contributed by atoms with E-state index in [0.29, 0.717) is 12.8 Å². The summed E-state index contributed by atoms with van der Waals surface area (Å²) in [5.41, 5.74) is 0. The van der Waals surface area contributed by atoms with E-state index in [1.807, 2.05) is 0 Å². The molecule has 3 atom stereocenters. The highest BCUT2D eigenvalue weighted by Crippen LogP contribution is 2.43. The summed E-state index contributed by atoms with van der Waals surface area (Å²) in [5, 5.41) is 18.3. The third kappa shape index (κ3) is 39.9. The van der Waals surface area contributed by atoms with Gasteiger partial charge in [-0.2, -0.15) is 0 Å². The molecule has 0 bridgehead atoms. The van der Waals surface area contributed by atoms with Crippen molar-refractivity contribution < 1.29 is 47.8 Å². The van der Waals surface area contributed by atoms with Gasteiger partial charge in [0.15, 0.2) is 6.10 Å². The molecule has 11 heteroatoms. The van der Waals surface area contributed by atoms with Gasteiger partial charge in [0.2, 0.25) is 0 Å². The maximum atomic E-state index is 12.6. The van der Waals surface area contributed by atoms with Crippen LogP contribution in [0.2, 0.25) is 0 Å². The summed E-state index contributed by atoms with van der Waals surface area (Å²) in [6.07, 6.45) is 42.1. The highest BCUT2D eigenvalue weighted by Gasteiger charge is 2.27. The molecule has 0 radical (unpaired) electrons. The number of hydrogen-bond donors (Lipinski definition) is 3. The maximum absolute atomic E-state index is 12.6. The first-order valence-corrected chi connectivity index (χ1v) is 23.1. The number of hydrogen-bond acceptors (Lipinski definition) is 9. The molecule has 10 nitrogen and oxygen atoms in total. The van der Waals surface area contributed by atoms with Crippen LogP contribution in [-0.4, -0.2) is 65.7 Å². The molecule has 0 aliphatic rings. The molecule has 0 spiro atoms. The lowest BCUT2D eigenvalue weighted by Gasteiger charge is -2.20. The number of ether oxygens (including phenoxy) is 2. The fourth-order valence-corrected chi connectivity index (χ4v) is 6.36. The first-order chi connectivity index (χ1) is 26.7. The van der Waals surface area contributed by atoms with Crippen molar-refractivity contribution in [3.63, 3.8) is 0 Å². The Hall–Kier alpha value is -2.07. The van der Waals surface area contributed by atoms with E-state index >= 15 is 0 Å². The number of unbranched alkanes of at least 4 members (excludes halogenated alkanes) is 18. The number of phosphoric ester groups is 1. The van der Waals surface area contributed by atoms with Gasteiger partial charge in [-0.1, -0.05) is 146 Å². The SMILES string of the molecule is CCCC/C=C/CCCCCCCCCCCC(=O)OC[C@H](COP(=O)(O)OC[C@@H](O)CO)OC(=O)CCCCCC/C=C/C/C=C/C/C=C/CCCCC. The Morgan fingerprint density at radius 1 is 0.545 bits per heavy atom. The summed E-state index contributed by atoms with van der Waals surface area (Å²) in [5.74, 6) is -0.953. The summed E-state index contributed by atoms with van der Waals surface area (Å²) in [7, 11) is -4.62. The third-order valence-electron chi connectivity index (χ3n) is 8.96. The maximum Gasteiger partial charge on any atom is 0.472 e. The van der Waals surface area contributed by atoms with Crippen LogP contribution in [0.25, 0.3) is 0 Å².